The van der Waals surface area contributed by atoms with Crippen LogP contribution in [0.15, 0.2) is 5.11 Å². The Kier molecular flexibility index (Phi) is 3.92. The lowest BCUT2D eigenvalue weighted by Crippen LogP contribution is -2.44. The number of carboxylic acid groups (broad SMARTS) is 1. The van der Waals surface area contributed by atoms with Crippen LogP contribution in [0.1, 0.15) is 12.8 Å². The van der Waals surface area contributed by atoms with Crippen LogP contribution >= 0.6 is 0 Å². The van der Waals surface area contributed by atoms with Gasteiger partial charge in [-0.1, -0.05) is 0 Å². The molecule has 0 heterocycles. The average molecular weight is 190 g/mol. The molecule has 0 bridgehead atoms. The minimum absolute atomic E-state index is 0.123. The summed E-state index contributed by atoms with van der Waals surface area (Å²) >= 11 is 0. The molecule has 74 valence electrons. The number of nitrogens with one attached hydrogen (secondary N) is 1. The second-order valence-corrected chi connectivity index (χ2v) is 2.38. The second-order valence-electron chi connectivity index (χ2n) is 2.38. The summed E-state index contributed by atoms with van der Waals surface area (Å²) < 4.78 is 0. The van der Waals surface area contributed by atoms with Gasteiger partial charge < -0.3 is 10.8 Å². The van der Waals surface area contributed by atoms with E-state index in [1.54, 1.807) is 0 Å². The second kappa shape index (κ2) is 4.45. The van der Waals surface area contributed by atoms with E-state index in [-0.39, 0.29) is 19.4 Å². The quantitative estimate of drug-likeness (QED) is 0.302. The van der Waals surface area contributed by atoms with Gasteiger partial charge >= 0.3 is 11.6 Å². The third-order valence-corrected chi connectivity index (χ3v) is 1.56. The van der Waals surface area contributed by atoms with Crippen molar-refractivity contribution < 1.29 is 14.8 Å². The summed E-state index contributed by atoms with van der Waals surface area (Å²) in [6.45, 7) is 0.123. The van der Waals surface area contributed by atoms with Crippen LogP contribution in [-0.4, -0.2) is 28.2 Å². The highest BCUT2D eigenvalue weighted by Crippen LogP contribution is 2.18. The average Bonchev–Trinajstić information content (AvgIpc) is 2.05. The SMILES string of the molecule is N=N[C@@](CCCN)(C(=O)O)[N+](=O)[O-]. The van der Waals surface area contributed by atoms with Crippen LogP contribution < -0.4 is 5.73 Å². The van der Waals surface area contributed by atoms with Gasteiger partial charge in [-0.25, -0.2) is 10.3 Å². The summed E-state index contributed by atoms with van der Waals surface area (Å²) in [6, 6.07) is 0. The number of aliphatic carboxylic acids is 1. The van der Waals surface area contributed by atoms with E-state index in [9.17, 15) is 14.9 Å². The molecule has 0 amide bonds. The van der Waals surface area contributed by atoms with Crippen molar-refractivity contribution >= 4 is 5.97 Å². The molecule has 0 spiro atoms. The Hall–Kier alpha value is -1.57. The molecule has 0 aromatic rings. The fourth-order valence-electron chi connectivity index (χ4n) is 0.769. The molecule has 0 aromatic carbocycles. The van der Waals surface area contributed by atoms with Gasteiger partial charge in [0.25, 0.3) is 0 Å². The molecule has 0 saturated heterocycles. The molecule has 0 fully saturated rings. The standard InChI is InChI=1S/C5H10N4O4/c6-3-1-2-5(8-7,4(10)11)9(12)13/h7H,1-3,6H2,(H,10,11)/t5-/m1/s1. The highest BCUT2D eigenvalue weighted by atomic mass is 16.6. The Bertz CT molecular complexity index is 215. The van der Waals surface area contributed by atoms with E-state index in [4.69, 9.17) is 16.4 Å². The van der Waals surface area contributed by atoms with Crippen LogP contribution in [0.5, 0.6) is 0 Å². The van der Waals surface area contributed by atoms with Crippen molar-refractivity contribution in [3.8, 4) is 0 Å². The number of nitrogens with zero attached hydrogens (tertiary/aromatic N) is 2. The van der Waals surface area contributed by atoms with Crippen molar-refractivity contribution in [3.05, 3.63) is 10.1 Å². The molecule has 0 saturated carbocycles. The summed E-state index contributed by atoms with van der Waals surface area (Å²) in [5.41, 5.74) is 9.02. The van der Waals surface area contributed by atoms with Crippen LogP contribution in [0.4, 0.5) is 0 Å². The van der Waals surface area contributed by atoms with E-state index < -0.39 is 16.6 Å². The number of rotatable bonds is 6. The lowest BCUT2D eigenvalue weighted by Gasteiger charge is -2.13. The third kappa shape index (κ3) is 2.18. The van der Waals surface area contributed by atoms with Crippen molar-refractivity contribution in [1.82, 2.24) is 0 Å². The summed E-state index contributed by atoms with van der Waals surface area (Å²) in [7, 11) is 0. The molecule has 8 heteroatoms. The fourth-order valence-corrected chi connectivity index (χ4v) is 0.769. The predicted octanol–water partition coefficient (Wildman–Crippen LogP) is -0.186. The zero-order chi connectivity index (χ0) is 10.5. The fraction of sp³-hybridized carbons (Fsp3) is 0.800. The normalized spacial score (nSPS) is 14.5. The van der Waals surface area contributed by atoms with Gasteiger partial charge in [0.2, 0.25) is 0 Å². The molecular weight excluding hydrogens is 180 g/mol. The maximum absolute atomic E-state index is 10.5. The number of hydrogen-bond acceptors (Lipinski definition) is 6. The van der Waals surface area contributed by atoms with Crippen molar-refractivity contribution in [2.75, 3.05) is 6.54 Å². The number of nitrogens with two attached hydrogens (primary N) is 1. The minimum Gasteiger partial charge on any atom is -0.474 e. The Balaban J connectivity index is 4.76. The highest BCUT2D eigenvalue weighted by Gasteiger charge is 2.51. The summed E-state index contributed by atoms with van der Waals surface area (Å²) in [5, 5.41) is 21.4. The smallest absolute Gasteiger partial charge is 0.424 e. The molecule has 0 aromatic heterocycles. The van der Waals surface area contributed by atoms with E-state index in [0.717, 1.165) is 0 Å². The van der Waals surface area contributed by atoms with Crippen molar-refractivity contribution in [1.29, 1.82) is 5.53 Å². The molecule has 4 N–H and O–H groups in total. The Morgan fingerprint density at radius 3 is 2.54 bits per heavy atom. The third-order valence-electron chi connectivity index (χ3n) is 1.56. The molecule has 0 rings (SSSR count). The van der Waals surface area contributed by atoms with E-state index in [1.807, 2.05) is 0 Å². The first kappa shape index (κ1) is 11.4. The largest absolute Gasteiger partial charge is 0.474 e. The Morgan fingerprint density at radius 1 is 1.77 bits per heavy atom. The van der Waals surface area contributed by atoms with Crippen molar-refractivity contribution in [2.45, 2.75) is 18.5 Å². The lowest BCUT2D eigenvalue weighted by molar-refractivity contribution is -0.556. The van der Waals surface area contributed by atoms with Crippen LogP contribution in [0.2, 0.25) is 0 Å². The maximum atomic E-state index is 10.5. The van der Waals surface area contributed by atoms with E-state index in [0.29, 0.717) is 0 Å². The van der Waals surface area contributed by atoms with E-state index >= 15 is 0 Å². The topological polar surface area (TPSA) is 143 Å². The summed E-state index contributed by atoms with van der Waals surface area (Å²) in [5.74, 6) is -1.74. The van der Waals surface area contributed by atoms with E-state index in [2.05, 4.69) is 5.11 Å². The van der Waals surface area contributed by atoms with Gasteiger partial charge in [-0.3, -0.25) is 10.1 Å². The van der Waals surface area contributed by atoms with Gasteiger partial charge in [0.1, 0.15) is 0 Å². The van der Waals surface area contributed by atoms with Gasteiger partial charge in [0.05, 0.1) is 11.3 Å². The molecule has 0 aliphatic carbocycles. The molecule has 0 unspecified atom stereocenters. The van der Waals surface area contributed by atoms with Gasteiger partial charge in [0, 0.05) is 0 Å². The van der Waals surface area contributed by atoms with Crippen LogP contribution in [0.25, 0.3) is 0 Å². The summed E-state index contributed by atoms with van der Waals surface area (Å²) in [6.07, 6.45) is -0.231. The van der Waals surface area contributed by atoms with Crippen molar-refractivity contribution in [2.24, 2.45) is 10.8 Å². The number of hydrogen-bond donors (Lipinski definition) is 3. The Labute approximate surface area is 73.4 Å². The van der Waals surface area contributed by atoms with Gasteiger partial charge in [-0.2, -0.15) is 0 Å². The first-order valence-electron chi connectivity index (χ1n) is 3.48. The number of carbonyl (C=O) groups is 1. The molecule has 0 radical (unpaired) electrons. The monoisotopic (exact) mass is 190 g/mol. The first-order valence-corrected chi connectivity index (χ1v) is 3.48. The Morgan fingerprint density at radius 2 is 2.31 bits per heavy atom. The number of carboxylic acids is 1. The molecule has 13 heavy (non-hydrogen) atoms. The van der Waals surface area contributed by atoms with Crippen LogP contribution in [0.3, 0.4) is 0 Å². The first-order chi connectivity index (χ1) is 6.01. The molecular formula is C5H10N4O4. The molecule has 0 aliphatic rings. The summed E-state index contributed by atoms with van der Waals surface area (Å²) in [4.78, 5) is 19.8. The molecule has 1 atom stereocenters. The minimum atomic E-state index is -2.56. The zero-order valence-electron chi connectivity index (χ0n) is 6.77. The van der Waals surface area contributed by atoms with Gasteiger partial charge in [0.15, 0.2) is 0 Å². The predicted molar refractivity (Wildman–Crippen MR) is 40.8 cm³/mol. The maximum Gasteiger partial charge on any atom is 0.424 e. The van der Waals surface area contributed by atoms with Crippen LogP contribution in [-0.2, 0) is 4.79 Å². The number of nitro groups is 1. The van der Waals surface area contributed by atoms with Crippen LogP contribution in [0, 0.1) is 15.6 Å². The highest BCUT2D eigenvalue weighted by molar-refractivity contribution is 5.76. The molecule has 8 nitrogen and oxygen atoms in total. The van der Waals surface area contributed by atoms with E-state index in [1.165, 1.54) is 0 Å². The lowest BCUT2D eigenvalue weighted by atomic mass is 10.1. The van der Waals surface area contributed by atoms with Gasteiger partial charge in [-0.05, 0) is 13.0 Å². The van der Waals surface area contributed by atoms with Gasteiger partial charge in [-0.15, -0.1) is 5.11 Å². The van der Waals surface area contributed by atoms with Crippen molar-refractivity contribution in [3.63, 3.8) is 0 Å². The molecule has 0 aliphatic heterocycles. The zero-order valence-corrected chi connectivity index (χ0v) is 6.77.